The summed E-state index contributed by atoms with van der Waals surface area (Å²) in [4.78, 5) is 25.2. The number of carbonyl (C=O) groups excluding carboxylic acids is 2. The molecule has 3 N–H and O–H groups in total. The van der Waals surface area contributed by atoms with Crippen LogP contribution in [-0.2, 0) is 6.42 Å². The van der Waals surface area contributed by atoms with Crippen LogP contribution < -0.4 is 15.8 Å². The van der Waals surface area contributed by atoms with Crippen LogP contribution >= 0.6 is 11.3 Å². The molecule has 3 rings (SSSR count). The summed E-state index contributed by atoms with van der Waals surface area (Å²) < 4.78 is 5.09. The molecule has 0 saturated heterocycles. The fourth-order valence-electron chi connectivity index (χ4n) is 2.52. The first-order chi connectivity index (χ1) is 12.6. The minimum atomic E-state index is -0.564. The second kappa shape index (κ2) is 7.84. The average molecular weight is 366 g/mol. The Labute approximate surface area is 155 Å². The van der Waals surface area contributed by atoms with E-state index in [1.54, 1.807) is 37.4 Å². The van der Waals surface area contributed by atoms with E-state index in [-0.39, 0.29) is 5.91 Å². The first kappa shape index (κ1) is 17.7. The summed E-state index contributed by atoms with van der Waals surface area (Å²) in [6.45, 7) is 0. The molecule has 0 aliphatic rings. The third kappa shape index (κ3) is 4.10. The largest absolute Gasteiger partial charge is 0.497 e. The molecule has 6 heteroatoms. The normalized spacial score (nSPS) is 10.3. The van der Waals surface area contributed by atoms with E-state index >= 15 is 0 Å². The van der Waals surface area contributed by atoms with Gasteiger partial charge >= 0.3 is 0 Å². The van der Waals surface area contributed by atoms with E-state index in [0.29, 0.717) is 28.3 Å². The molecule has 0 radical (unpaired) electrons. The summed E-state index contributed by atoms with van der Waals surface area (Å²) in [6.07, 6.45) is 0.671. The average Bonchev–Trinajstić information content (AvgIpc) is 3.05. The standard InChI is InChI=1S/C20H18N2O3S/c1-25-15-9-7-14(8-10-15)19(24)22-20-17(18(21)23)12-16(26-20)11-13-5-3-2-4-6-13/h2-10,12H,11H2,1H3,(H2,21,23)(H,22,24). The van der Waals surface area contributed by atoms with Crippen LogP contribution in [0.5, 0.6) is 5.75 Å². The zero-order chi connectivity index (χ0) is 18.5. The lowest BCUT2D eigenvalue weighted by Gasteiger charge is -2.05. The van der Waals surface area contributed by atoms with Crippen molar-refractivity contribution in [1.82, 2.24) is 0 Å². The SMILES string of the molecule is COc1ccc(C(=O)Nc2sc(Cc3ccccc3)cc2C(N)=O)cc1. The molecule has 26 heavy (non-hydrogen) atoms. The number of ether oxygens (including phenoxy) is 1. The molecule has 2 aromatic carbocycles. The van der Waals surface area contributed by atoms with Crippen molar-refractivity contribution in [1.29, 1.82) is 0 Å². The van der Waals surface area contributed by atoms with Crippen molar-refractivity contribution in [3.63, 3.8) is 0 Å². The van der Waals surface area contributed by atoms with Gasteiger partial charge in [-0.05, 0) is 35.9 Å². The van der Waals surface area contributed by atoms with Gasteiger partial charge in [-0.25, -0.2) is 0 Å². The number of nitrogens with two attached hydrogens (primary N) is 1. The number of carbonyl (C=O) groups is 2. The molecule has 0 aliphatic heterocycles. The maximum atomic E-state index is 12.5. The van der Waals surface area contributed by atoms with Gasteiger partial charge < -0.3 is 15.8 Å². The molecule has 0 saturated carbocycles. The highest BCUT2D eigenvalue weighted by atomic mass is 32.1. The Balaban J connectivity index is 1.81. The number of anilines is 1. The van der Waals surface area contributed by atoms with Gasteiger partial charge in [0.2, 0.25) is 0 Å². The predicted octanol–water partition coefficient (Wildman–Crippen LogP) is 3.70. The molecular formula is C20H18N2O3S. The summed E-state index contributed by atoms with van der Waals surface area (Å²) in [6, 6.07) is 18.4. The van der Waals surface area contributed by atoms with Gasteiger partial charge in [0.25, 0.3) is 11.8 Å². The first-order valence-electron chi connectivity index (χ1n) is 7.98. The second-order valence-corrected chi connectivity index (χ2v) is 6.80. The maximum absolute atomic E-state index is 12.5. The minimum absolute atomic E-state index is 0.303. The number of amides is 2. The highest BCUT2D eigenvalue weighted by molar-refractivity contribution is 7.16. The molecule has 0 fully saturated rings. The lowest BCUT2D eigenvalue weighted by Crippen LogP contribution is -2.16. The van der Waals surface area contributed by atoms with E-state index in [4.69, 9.17) is 10.5 Å². The predicted molar refractivity (Wildman–Crippen MR) is 103 cm³/mol. The van der Waals surface area contributed by atoms with Gasteiger partial charge in [0.1, 0.15) is 10.8 Å². The third-order valence-electron chi connectivity index (χ3n) is 3.85. The van der Waals surface area contributed by atoms with E-state index < -0.39 is 5.91 Å². The van der Waals surface area contributed by atoms with Crippen LogP contribution in [0.15, 0.2) is 60.7 Å². The number of hydrogen-bond donors (Lipinski definition) is 2. The van der Waals surface area contributed by atoms with Crippen molar-refractivity contribution in [2.75, 3.05) is 12.4 Å². The quantitative estimate of drug-likeness (QED) is 0.698. The zero-order valence-electron chi connectivity index (χ0n) is 14.2. The van der Waals surface area contributed by atoms with Gasteiger partial charge in [-0.3, -0.25) is 9.59 Å². The molecule has 0 aliphatic carbocycles. The third-order valence-corrected chi connectivity index (χ3v) is 4.90. The number of nitrogens with one attached hydrogen (secondary N) is 1. The Morgan fingerprint density at radius 2 is 1.77 bits per heavy atom. The molecule has 0 spiro atoms. The fraction of sp³-hybridized carbons (Fsp3) is 0.100. The highest BCUT2D eigenvalue weighted by Crippen LogP contribution is 2.30. The van der Waals surface area contributed by atoms with E-state index in [0.717, 1.165) is 10.4 Å². The van der Waals surface area contributed by atoms with Crippen LogP contribution in [0.4, 0.5) is 5.00 Å². The lowest BCUT2D eigenvalue weighted by molar-refractivity contribution is 0.100. The van der Waals surface area contributed by atoms with E-state index in [1.165, 1.54) is 11.3 Å². The van der Waals surface area contributed by atoms with Crippen LogP contribution in [0.3, 0.4) is 0 Å². The Morgan fingerprint density at radius 3 is 2.38 bits per heavy atom. The van der Waals surface area contributed by atoms with Crippen LogP contribution in [0.2, 0.25) is 0 Å². The van der Waals surface area contributed by atoms with E-state index in [9.17, 15) is 9.59 Å². The Bertz CT molecular complexity index is 918. The fourth-order valence-corrected chi connectivity index (χ4v) is 3.61. The summed E-state index contributed by atoms with van der Waals surface area (Å²) in [7, 11) is 1.56. The molecule has 5 nitrogen and oxygen atoms in total. The Morgan fingerprint density at radius 1 is 1.08 bits per heavy atom. The molecule has 0 unspecified atom stereocenters. The number of benzene rings is 2. The Kier molecular flexibility index (Phi) is 5.34. The lowest BCUT2D eigenvalue weighted by atomic mass is 10.1. The number of hydrogen-bond acceptors (Lipinski definition) is 4. The van der Waals surface area contributed by atoms with Crippen LogP contribution in [-0.4, -0.2) is 18.9 Å². The molecule has 132 valence electrons. The first-order valence-corrected chi connectivity index (χ1v) is 8.80. The second-order valence-electron chi connectivity index (χ2n) is 5.66. The summed E-state index contributed by atoms with van der Waals surface area (Å²) >= 11 is 1.36. The molecule has 3 aromatic rings. The van der Waals surface area contributed by atoms with Gasteiger partial charge in [0.15, 0.2) is 0 Å². The van der Waals surface area contributed by atoms with Gasteiger partial charge in [-0.15, -0.1) is 11.3 Å². The summed E-state index contributed by atoms with van der Waals surface area (Å²) in [5.74, 6) is -0.200. The summed E-state index contributed by atoms with van der Waals surface area (Å²) in [5.41, 5.74) is 7.39. The van der Waals surface area contributed by atoms with E-state index in [1.807, 2.05) is 30.3 Å². The smallest absolute Gasteiger partial charge is 0.256 e. The number of rotatable bonds is 6. The van der Waals surface area contributed by atoms with Crippen molar-refractivity contribution in [2.24, 2.45) is 5.73 Å². The molecule has 0 atom stereocenters. The van der Waals surface area contributed by atoms with Gasteiger partial charge in [-0.1, -0.05) is 30.3 Å². The zero-order valence-corrected chi connectivity index (χ0v) is 15.0. The maximum Gasteiger partial charge on any atom is 0.256 e. The van der Waals surface area contributed by atoms with Crippen molar-refractivity contribution < 1.29 is 14.3 Å². The molecule has 0 bridgehead atoms. The Hall–Kier alpha value is -3.12. The van der Waals surface area contributed by atoms with Gasteiger partial charge in [0.05, 0.1) is 12.7 Å². The molecule has 1 heterocycles. The number of thiophene rings is 1. The van der Waals surface area contributed by atoms with E-state index in [2.05, 4.69) is 5.32 Å². The summed E-state index contributed by atoms with van der Waals surface area (Å²) in [5, 5.41) is 3.25. The van der Waals surface area contributed by atoms with Crippen molar-refractivity contribution in [3.05, 3.63) is 82.2 Å². The molecular weight excluding hydrogens is 348 g/mol. The van der Waals surface area contributed by atoms with Gasteiger partial charge in [0, 0.05) is 16.9 Å². The monoisotopic (exact) mass is 366 g/mol. The van der Waals surface area contributed by atoms with Crippen molar-refractivity contribution >= 4 is 28.2 Å². The highest BCUT2D eigenvalue weighted by Gasteiger charge is 2.17. The minimum Gasteiger partial charge on any atom is -0.497 e. The number of methoxy groups -OCH3 is 1. The van der Waals surface area contributed by atoms with Crippen LogP contribution in [0.25, 0.3) is 0 Å². The van der Waals surface area contributed by atoms with Crippen molar-refractivity contribution in [2.45, 2.75) is 6.42 Å². The van der Waals surface area contributed by atoms with Crippen molar-refractivity contribution in [3.8, 4) is 5.75 Å². The number of primary amides is 1. The van der Waals surface area contributed by atoms with Crippen LogP contribution in [0, 0.1) is 0 Å². The van der Waals surface area contributed by atoms with Gasteiger partial charge in [-0.2, -0.15) is 0 Å². The molecule has 1 aromatic heterocycles. The van der Waals surface area contributed by atoms with Crippen LogP contribution in [0.1, 0.15) is 31.2 Å². The topological polar surface area (TPSA) is 81.4 Å². The molecule has 2 amide bonds.